The first-order valence-corrected chi connectivity index (χ1v) is 6.17. The van der Waals surface area contributed by atoms with Crippen LogP contribution in [0.3, 0.4) is 0 Å². The predicted molar refractivity (Wildman–Crippen MR) is 60.7 cm³/mol. The molecule has 0 amide bonds. The maximum Gasteiger partial charge on any atom is 0.164 e. The van der Waals surface area contributed by atoms with Crippen LogP contribution < -0.4 is 0 Å². The molecule has 0 N–H and O–H groups in total. The van der Waals surface area contributed by atoms with E-state index in [1.807, 2.05) is 6.07 Å². The van der Waals surface area contributed by atoms with Gasteiger partial charge in [0.05, 0.1) is 6.10 Å². The van der Waals surface area contributed by atoms with E-state index >= 15 is 0 Å². The van der Waals surface area contributed by atoms with Crippen molar-refractivity contribution in [1.82, 2.24) is 4.57 Å². The average Bonchev–Trinajstić information content (AvgIpc) is 2.90. The first-order chi connectivity index (χ1) is 7.84. The zero-order chi connectivity index (χ0) is 11.0. The van der Waals surface area contributed by atoms with E-state index in [0.29, 0.717) is 11.9 Å². The van der Waals surface area contributed by atoms with Crippen LogP contribution >= 0.6 is 0 Å². The fourth-order valence-corrected chi connectivity index (χ4v) is 2.77. The van der Waals surface area contributed by atoms with Crippen LogP contribution in [0.1, 0.15) is 41.7 Å². The Kier molecular flexibility index (Phi) is 2.56. The van der Waals surface area contributed by atoms with E-state index in [4.69, 9.17) is 4.74 Å². The van der Waals surface area contributed by atoms with Crippen LogP contribution in [0.4, 0.5) is 0 Å². The van der Waals surface area contributed by atoms with E-state index in [9.17, 15) is 4.79 Å². The highest BCUT2D eigenvalue weighted by molar-refractivity contribution is 5.98. The van der Waals surface area contributed by atoms with Gasteiger partial charge in [-0.05, 0) is 31.7 Å². The van der Waals surface area contributed by atoms with E-state index in [-0.39, 0.29) is 0 Å². The lowest BCUT2D eigenvalue weighted by Gasteiger charge is -2.17. The van der Waals surface area contributed by atoms with Gasteiger partial charge in [0.2, 0.25) is 0 Å². The van der Waals surface area contributed by atoms with Crippen molar-refractivity contribution >= 4 is 5.78 Å². The predicted octanol–water partition coefficient (Wildman–Crippen LogP) is 2.19. The van der Waals surface area contributed by atoms with Crippen molar-refractivity contribution in [2.24, 2.45) is 0 Å². The molecule has 0 aromatic carbocycles. The Hall–Kier alpha value is -1.09. The molecule has 3 heteroatoms. The lowest BCUT2D eigenvalue weighted by molar-refractivity contribution is 0.0940. The van der Waals surface area contributed by atoms with Gasteiger partial charge in [-0.3, -0.25) is 4.79 Å². The number of ether oxygens (including phenoxy) is 1. The average molecular weight is 219 g/mol. The number of rotatable bonds is 2. The van der Waals surface area contributed by atoms with Crippen LogP contribution in [0.15, 0.2) is 12.3 Å². The van der Waals surface area contributed by atoms with Crippen molar-refractivity contribution in [3.8, 4) is 0 Å². The standard InChI is InChI=1S/C13H17NO2/c15-13-5-1-4-12-11(13)6-7-14(12)9-10-3-2-8-16-10/h6-7,10H,1-5,8-9H2. The summed E-state index contributed by atoms with van der Waals surface area (Å²) in [6, 6.07) is 1.98. The molecular weight excluding hydrogens is 202 g/mol. The summed E-state index contributed by atoms with van der Waals surface area (Å²) in [6.45, 7) is 1.82. The van der Waals surface area contributed by atoms with Crippen molar-refractivity contribution in [2.75, 3.05) is 6.61 Å². The SMILES string of the molecule is O=C1CCCc2c1ccn2CC1CCCO1. The molecule has 1 unspecified atom stereocenters. The molecule has 1 aliphatic heterocycles. The third-order valence-corrected chi connectivity index (χ3v) is 3.62. The molecule has 0 spiro atoms. The Labute approximate surface area is 95.4 Å². The molecule has 1 atom stereocenters. The topological polar surface area (TPSA) is 31.2 Å². The van der Waals surface area contributed by atoms with Crippen LogP contribution in [0, 0.1) is 0 Å². The van der Waals surface area contributed by atoms with Gasteiger partial charge in [0.1, 0.15) is 0 Å². The lowest BCUT2D eigenvalue weighted by Crippen LogP contribution is -2.19. The van der Waals surface area contributed by atoms with Crippen LogP contribution in [-0.2, 0) is 17.7 Å². The number of Topliss-reactive ketones (excluding diaryl/α,β-unsaturated/α-hetero) is 1. The number of hydrogen-bond acceptors (Lipinski definition) is 2. The third-order valence-electron chi connectivity index (χ3n) is 3.62. The number of aromatic nitrogens is 1. The normalized spacial score (nSPS) is 24.8. The lowest BCUT2D eigenvalue weighted by atomic mass is 9.97. The summed E-state index contributed by atoms with van der Waals surface area (Å²) in [7, 11) is 0. The Morgan fingerprint density at radius 3 is 3.12 bits per heavy atom. The Morgan fingerprint density at radius 1 is 1.38 bits per heavy atom. The Balaban J connectivity index is 1.82. The smallest absolute Gasteiger partial charge is 0.164 e. The van der Waals surface area contributed by atoms with E-state index in [2.05, 4.69) is 10.8 Å². The number of carbonyl (C=O) groups excluding carboxylic acids is 1. The number of nitrogens with zero attached hydrogens (tertiary/aromatic N) is 1. The Morgan fingerprint density at radius 2 is 2.31 bits per heavy atom. The zero-order valence-electron chi connectivity index (χ0n) is 9.45. The summed E-state index contributed by atoms with van der Waals surface area (Å²) < 4.78 is 7.86. The van der Waals surface area contributed by atoms with Gasteiger partial charge >= 0.3 is 0 Å². The van der Waals surface area contributed by atoms with Crippen LogP contribution in [-0.4, -0.2) is 23.1 Å². The molecule has 0 saturated carbocycles. The monoisotopic (exact) mass is 219 g/mol. The van der Waals surface area contributed by atoms with Crippen molar-refractivity contribution in [3.63, 3.8) is 0 Å². The van der Waals surface area contributed by atoms with Gasteiger partial charge in [-0.25, -0.2) is 0 Å². The molecule has 2 heterocycles. The molecule has 1 aromatic heterocycles. The van der Waals surface area contributed by atoms with Gasteiger partial charge in [-0.15, -0.1) is 0 Å². The maximum atomic E-state index is 11.7. The van der Waals surface area contributed by atoms with Gasteiger partial charge in [-0.1, -0.05) is 0 Å². The molecule has 2 aliphatic rings. The van der Waals surface area contributed by atoms with Crippen molar-refractivity contribution in [1.29, 1.82) is 0 Å². The fraction of sp³-hybridized carbons (Fsp3) is 0.615. The summed E-state index contributed by atoms with van der Waals surface area (Å²) in [5, 5.41) is 0. The van der Waals surface area contributed by atoms with E-state index in [0.717, 1.165) is 44.4 Å². The highest BCUT2D eigenvalue weighted by atomic mass is 16.5. The highest BCUT2D eigenvalue weighted by Gasteiger charge is 2.23. The van der Waals surface area contributed by atoms with Crippen LogP contribution in [0.5, 0.6) is 0 Å². The Bertz CT molecular complexity index is 402. The van der Waals surface area contributed by atoms with Gasteiger partial charge in [-0.2, -0.15) is 0 Å². The number of ketones is 1. The summed E-state index contributed by atoms with van der Waals surface area (Å²) in [5.41, 5.74) is 2.18. The molecule has 1 fully saturated rings. The van der Waals surface area contributed by atoms with Crippen molar-refractivity contribution < 1.29 is 9.53 Å². The van der Waals surface area contributed by atoms with E-state index < -0.39 is 0 Å². The third kappa shape index (κ3) is 1.69. The molecule has 0 bridgehead atoms. The van der Waals surface area contributed by atoms with E-state index in [1.54, 1.807) is 0 Å². The molecule has 86 valence electrons. The van der Waals surface area contributed by atoms with Gasteiger partial charge in [0, 0.05) is 37.0 Å². The van der Waals surface area contributed by atoms with Crippen LogP contribution in [0.25, 0.3) is 0 Å². The number of hydrogen-bond donors (Lipinski definition) is 0. The summed E-state index contributed by atoms with van der Waals surface area (Å²) in [6.07, 6.45) is 7.50. The largest absolute Gasteiger partial charge is 0.376 e. The van der Waals surface area contributed by atoms with Crippen molar-refractivity contribution in [2.45, 2.75) is 44.8 Å². The van der Waals surface area contributed by atoms with Gasteiger partial charge in [0.25, 0.3) is 0 Å². The highest BCUT2D eigenvalue weighted by Crippen LogP contribution is 2.24. The minimum absolute atomic E-state index is 0.312. The number of carbonyl (C=O) groups is 1. The molecule has 3 rings (SSSR count). The first-order valence-electron chi connectivity index (χ1n) is 6.17. The van der Waals surface area contributed by atoms with E-state index in [1.165, 1.54) is 12.1 Å². The minimum Gasteiger partial charge on any atom is -0.376 e. The number of fused-ring (bicyclic) bond motifs is 1. The summed E-state index contributed by atoms with van der Waals surface area (Å²) in [4.78, 5) is 11.7. The van der Waals surface area contributed by atoms with Crippen LogP contribution in [0.2, 0.25) is 0 Å². The maximum absolute atomic E-state index is 11.7. The second kappa shape index (κ2) is 4.06. The van der Waals surface area contributed by atoms with Crippen molar-refractivity contribution in [3.05, 3.63) is 23.5 Å². The van der Waals surface area contributed by atoms with Gasteiger partial charge in [0.15, 0.2) is 5.78 Å². The fourth-order valence-electron chi connectivity index (χ4n) is 2.77. The molecule has 1 saturated heterocycles. The van der Waals surface area contributed by atoms with Gasteiger partial charge < -0.3 is 9.30 Å². The minimum atomic E-state index is 0.312. The summed E-state index contributed by atoms with van der Waals surface area (Å²) >= 11 is 0. The second-order valence-electron chi connectivity index (χ2n) is 4.74. The molecule has 3 nitrogen and oxygen atoms in total. The quantitative estimate of drug-likeness (QED) is 0.763. The molecule has 16 heavy (non-hydrogen) atoms. The summed E-state index contributed by atoms with van der Waals surface area (Å²) in [5.74, 6) is 0.312. The first kappa shape index (κ1) is 10.1. The molecule has 1 aliphatic carbocycles. The molecule has 1 aromatic rings. The molecule has 0 radical (unpaired) electrons. The molecular formula is C13H17NO2. The second-order valence-corrected chi connectivity index (χ2v) is 4.74. The zero-order valence-corrected chi connectivity index (χ0v) is 9.45.